The van der Waals surface area contributed by atoms with Crippen molar-refractivity contribution >= 4 is 28.4 Å². The molecule has 0 atom stereocenters. The zero-order valence-corrected chi connectivity index (χ0v) is 13.6. The quantitative estimate of drug-likeness (QED) is 0.376. The van der Waals surface area contributed by atoms with Gasteiger partial charge in [0.1, 0.15) is 10.8 Å². The van der Waals surface area contributed by atoms with Crippen LogP contribution in [-0.2, 0) is 6.18 Å². The number of nitrogens with zero attached hydrogens (tertiary/aromatic N) is 4. The highest BCUT2D eigenvalue weighted by Gasteiger charge is 2.38. The molecule has 128 valence electrons. The predicted molar refractivity (Wildman–Crippen MR) is 83.5 cm³/mol. The summed E-state index contributed by atoms with van der Waals surface area (Å²) in [6.07, 6.45) is -1.69. The van der Waals surface area contributed by atoms with Crippen LogP contribution in [0.25, 0.3) is 16.7 Å². The molecule has 4 nitrogen and oxygen atoms in total. The van der Waals surface area contributed by atoms with Gasteiger partial charge in [-0.1, -0.05) is 19.8 Å². The van der Waals surface area contributed by atoms with E-state index in [2.05, 4.69) is 22.1 Å². The number of thioether (sulfide) groups is 1. The minimum atomic E-state index is -4.69. The molecule has 3 aromatic rings. The first-order valence-corrected chi connectivity index (χ1v) is 8.44. The summed E-state index contributed by atoms with van der Waals surface area (Å²) < 4.78 is 54.0. The average molecular weight is 358 g/mol. The Hall–Kier alpha value is -1.90. The highest BCUT2D eigenvalue weighted by molar-refractivity contribution is 7.99. The van der Waals surface area contributed by atoms with Gasteiger partial charge in [0.25, 0.3) is 0 Å². The van der Waals surface area contributed by atoms with Crippen molar-refractivity contribution in [2.75, 3.05) is 5.75 Å². The van der Waals surface area contributed by atoms with Gasteiger partial charge in [0.15, 0.2) is 5.65 Å². The molecule has 2 aromatic heterocycles. The molecule has 2 heterocycles. The van der Waals surface area contributed by atoms with Crippen LogP contribution in [0.15, 0.2) is 23.2 Å². The van der Waals surface area contributed by atoms with E-state index in [9.17, 15) is 17.6 Å². The lowest BCUT2D eigenvalue weighted by molar-refractivity contribution is -0.145. The van der Waals surface area contributed by atoms with Crippen molar-refractivity contribution < 1.29 is 17.6 Å². The molecule has 0 bridgehead atoms. The summed E-state index contributed by atoms with van der Waals surface area (Å²) >= 11 is 1.34. The maximum absolute atomic E-state index is 13.5. The highest BCUT2D eigenvalue weighted by atomic mass is 32.2. The molecule has 24 heavy (non-hydrogen) atoms. The second kappa shape index (κ2) is 6.54. The Balaban J connectivity index is 2.18. The van der Waals surface area contributed by atoms with Crippen LogP contribution in [0, 0.1) is 5.82 Å². The number of fused-ring (bicyclic) bond motifs is 3. The minimum Gasteiger partial charge on any atom is -0.267 e. The number of aromatic nitrogens is 4. The van der Waals surface area contributed by atoms with Crippen molar-refractivity contribution in [3.63, 3.8) is 0 Å². The van der Waals surface area contributed by atoms with Crippen molar-refractivity contribution in [3.05, 3.63) is 29.8 Å². The molecule has 3 rings (SSSR count). The fraction of sp³-hybridized carbons (Fsp3) is 0.400. The number of alkyl halides is 3. The molecular formula is C15H14F4N4S. The van der Waals surface area contributed by atoms with Gasteiger partial charge in [-0.3, -0.25) is 4.40 Å². The number of benzene rings is 1. The van der Waals surface area contributed by atoms with E-state index in [1.807, 2.05) is 0 Å². The molecule has 0 N–H and O–H groups in total. The minimum absolute atomic E-state index is 0.000216. The Labute approximate surface area is 139 Å². The second-order valence-electron chi connectivity index (χ2n) is 5.29. The van der Waals surface area contributed by atoms with Crippen LogP contribution in [0.2, 0.25) is 0 Å². The predicted octanol–water partition coefficient (Wildman–Crippen LogP) is 4.72. The van der Waals surface area contributed by atoms with Gasteiger partial charge in [0, 0.05) is 6.07 Å². The summed E-state index contributed by atoms with van der Waals surface area (Å²) in [7, 11) is 0. The van der Waals surface area contributed by atoms with E-state index >= 15 is 0 Å². The molecule has 0 saturated heterocycles. The van der Waals surface area contributed by atoms with Gasteiger partial charge >= 0.3 is 6.18 Å². The van der Waals surface area contributed by atoms with E-state index < -0.39 is 17.8 Å². The van der Waals surface area contributed by atoms with Crippen LogP contribution < -0.4 is 0 Å². The Kier molecular flexibility index (Phi) is 4.62. The molecular weight excluding hydrogens is 344 g/mol. The van der Waals surface area contributed by atoms with Crippen molar-refractivity contribution in [1.29, 1.82) is 0 Å². The number of halogens is 4. The second-order valence-corrected chi connectivity index (χ2v) is 6.37. The Morgan fingerprint density at radius 2 is 1.96 bits per heavy atom. The zero-order chi connectivity index (χ0) is 17.3. The molecule has 0 aliphatic heterocycles. The number of hydrogen-bond donors (Lipinski definition) is 0. The van der Waals surface area contributed by atoms with Gasteiger partial charge in [0.05, 0.1) is 11.0 Å². The van der Waals surface area contributed by atoms with Crippen molar-refractivity contribution in [2.45, 2.75) is 37.4 Å². The van der Waals surface area contributed by atoms with Crippen LogP contribution in [0.3, 0.4) is 0 Å². The lowest BCUT2D eigenvalue weighted by Gasteiger charge is -2.09. The molecule has 0 unspecified atom stereocenters. The fourth-order valence-corrected chi connectivity index (χ4v) is 3.35. The molecule has 0 radical (unpaired) electrons. The number of rotatable bonds is 5. The third-order valence-electron chi connectivity index (χ3n) is 3.49. The molecule has 0 aliphatic rings. The third-order valence-corrected chi connectivity index (χ3v) is 4.54. The summed E-state index contributed by atoms with van der Waals surface area (Å²) in [4.78, 5) is 4.34. The maximum atomic E-state index is 13.5. The zero-order valence-electron chi connectivity index (χ0n) is 12.8. The van der Waals surface area contributed by atoms with Crippen molar-refractivity contribution in [1.82, 2.24) is 19.6 Å². The van der Waals surface area contributed by atoms with Gasteiger partial charge in [-0.05, 0) is 24.3 Å². The van der Waals surface area contributed by atoms with E-state index in [1.165, 1.54) is 23.9 Å². The fourth-order valence-electron chi connectivity index (χ4n) is 2.38. The van der Waals surface area contributed by atoms with Crippen LogP contribution in [-0.4, -0.2) is 25.3 Å². The normalized spacial score (nSPS) is 12.4. The van der Waals surface area contributed by atoms with E-state index in [-0.39, 0.29) is 16.7 Å². The Bertz CT molecular complexity index is 875. The first kappa shape index (κ1) is 16.9. The molecule has 0 spiro atoms. The highest BCUT2D eigenvalue weighted by Crippen LogP contribution is 2.33. The van der Waals surface area contributed by atoms with E-state index in [1.54, 1.807) is 0 Å². The summed E-state index contributed by atoms with van der Waals surface area (Å²) in [6.45, 7) is 2.07. The third kappa shape index (κ3) is 3.17. The lowest BCUT2D eigenvalue weighted by atomic mass is 10.3. The summed E-state index contributed by atoms with van der Waals surface area (Å²) in [5.41, 5.74) is 0.273. The molecule has 9 heteroatoms. The van der Waals surface area contributed by atoms with Gasteiger partial charge in [0.2, 0.25) is 5.82 Å². The van der Waals surface area contributed by atoms with E-state index in [4.69, 9.17) is 0 Å². The largest absolute Gasteiger partial charge is 0.452 e. The van der Waals surface area contributed by atoms with E-state index in [0.29, 0.717) is 5.03 Å². The molecule has 1 aromatic carbocycles. The summed E-state index contributed by atoms with van der Waals surface area (Å²) in [5, 5.41) is 7.28. The van der Waals surface area contributed by atoms with Crippen molar-refractivity contribution in [3.8, 4) is 0 Å². The SMILES string of the molecule is CCCCCSc1nc2ccc(F)cc2n2c(C(F)(F)F)nnc12. The monoisotopic (exact) mass is 358 g/mol. The van der Waals surface area contributed by atoms with Gasteiger partial charge in [-0.15, -0.1) is 22.0 Å². The Morgan fingerprint density at radius 1 is 1.17 bits per heavy atom. The molecule has 0 saturated carbocycles. The van der Waals surface area contributed by atoms with Crippen LogP contribution >= 0.6 is 11.8 Å². The van der Waals surface area contributed by atoms with Gasteiger partial charge < -0.3 is 0 Å². The average Bonchev–Trinajstić information content (AvgIpc) is 2.97. The number of unbranched alkanes of at least 4 members (excludes halogenated alkanes) is 2. The lowest BCUT2D eigenvalue weighted by Crippen LogP contribution is -2.12. The standard InChI is InChI=1S/C15H14F4N4S/c1-2-3-4-7-24-13-12-21-22-14(15(17,18)19)23(12)11-8-9(16)5-6-10(11)20-13/h5-6,8H,2-4,7H2,1H3. The summed E-state index contributed by atoms with van der Waals surface area (Å²) in [6, 6.07) is 3.55. The first-order valence-electron chi connectivity index (χ1n) is 7.46. The van der Waals surface area contributed by atoms with Crippen LogP contribution in [0.1, 0.15) is 32.0 Å². The summed E-state index contributed by atoms with van der Waals surface area (Å²) in [5.74, 6) is -1.10. The van der Waals surface area contributed by atoms with Crippen molar-refractivity contribution in [2.24, 2.45) is 0 Å². The number of hydrogen-bond acceptors (Lipinski definition) is 4. The molecule has 0 fully saturated rings. The van der Waals surface area contributed by atoms with E-state index in [0.717, 1.165) is 35.5 Å². The first-order chi connectivity index (χ1) is 11.4. The molecule has 0 amide bonds. The Morgan fingerprint density at radius 3 is 2.67 bits per heavy atom. The van der Waals surface area contributed by atoms with Crippen LogP contribution in [0.4, 0.5) is 17.6 Å². The molecule has 0 aliphatic carbocycles. The smallest absolute Gasteiger partial charge is 0.267 e. The maximum Gasteiger partial charge on any atom is 0.452 e. The van der Waals surface area contributed by atoms with Crippen LogP contribution in [0.5, 0.6) is 0 Å². The van der Waals surface area contributed by atoms with Gasteiger partial charge in [-0.25, -0.2) is 9.37 Å². The topological polar surface area (TPSA) is 43.1 Å². The van der Waals surface area contributed by atoms with Gasteiger partial charge in [-0.2, -0.15) is 13.2 Å².